The van der Waals surface area contributed by atoms with Crippen LogP contribution in [0.5, 0.6) is 0 Å². The maximum Gasteiger partial charge on any atom is 0.317 e. The maximum absolute atomic E-state index is 11.3. The molecule has 4 nitrogen and oxygen atoms in total. The van der Waals surface area contributed by atoms with Crippen molar-refractivity contribution in [3.05, 3.63) is 0 Å². The van der Waals surface area contributed by atoms with E-state index in [-0.39, 0.29) is 18.1 Å². The summed E-state index contributed by atoms with van der Waals surface area (Å²) in [7, 11) is 1.76. The van der Waals surface area contributed by atoms with E-state index in [4.69, 9.17) is 5.11 Å². The Morgan fingerprint density at radius 3 is 2.62 bits per heavy atom. The third-order valence-corrected chi connectivity index (χ3v) is 2.73. The lowest BCUT2D eigenvalue weighted by Crippen LogP contribution is -2.40. The number of aliphatic hydroxyl groups excluding tert-OH is 1. The molecule has 1 aliphatic rings. The molecule has 2 N–H and O–H groups in total. The van der Waals surface area contributed by atoms with Crippen LogP contribution in [0.15, 0.2) is 0 Å². The molecule has 1 saturated carbocycles. The van der Waals surface area contributed by atoms with Crippen LogP contribution in [0.2, 0.25) is 0 Å². The van der Waals surface area contributed by atoms with Crippen LogP contribution in [0.1, 0.15) is 19.8 Å². The summed E-state index contributed by atoms with van der Waals surface area (Å²) in [5, 5.41) is 11.8. The minimum Gasteiger partial charge on any atom is -0.396 e. The van der Waals surface area contributed by atoms with Gasteiger partial charge >= 0.3 is 6.03 Å². The fraction of sp³-hybridized carbons (Fsp3) is 0.889. The Bertz CT molecular complexity index is 190. The monoisotopic (exact) mass is 186 g/mol. The SMILES string of the molecule is CCN(C)C(=O)NCC1(CO)CC1. The van der Waals surface area contributed by atoms with Gasteiger partial charge in [-0.05, 0) is 19.8 Å². The molecule has 1 fully saturated rings. The highest BCUT2D eigenvalue weighted by Crippen LogP contribution is 2.44. The number of hydrogen-bond donors (Lipinski definition) is 2. The van der Waals surface area contributed by atoms with Gasteiger partial charge in [-0.2, -0.15) is 0 Å². The molecule has 0 atom stereocenters. The first kappa shape index (κ1) is 10.3. The zero-order valence-corrected chi connectivity index (χ0v) is 8.34. The van der Waals surface area contributed by atoms with Crippen molar-refractivity contribution >= 4 is 6.03 Å². The van der Waals surface area contributed by atoms with E-state index in [1.54, 1.807) is 11.9 Å². The number of amides is 2. The van der Waals surface area contributed by atoms with Crippen molar-refractivity contribution in [1.29, 1.82) is 0 Å². The van der Waals surface area contributed by atoms with Gasteiger partial charge in [0.05, 0.1) is 6.61 Å². The molecule has 0 saturated heterocycles. The van der Waals surface area contributed by atoms with Gasteiger partial charge in [0.2, 0.25) is 0 Å². The van der Waals surface area contributed by atoms with E-state index in [1.165, 1.54) is 0 Å². The van der Waals surface area contributed by atoms with Crippen molar-refractivity contribution in [2.45, 2.75) is 19.8 Å². The third kappa shape index (κ3) is 2.59. The molecule has 0 spiro atoms. The Morgan fingerprint density at radius 2 is 2.23 bits per heavy atom. The molecule has 0 radical (unpaired) electrons. The Hall–Kier alpha value is -0.770. The standard InChI is InChI=1S/C9H18N2O2/c1-3-11(2)8(13)10-6-9(7-12)4-5-9/h12H,3-7H2,1-2H3,(H,10,13). The smallest absolute Gasteiger partial charge is 0.317 e. The summed E-state index contributed by atoms with van der Waals surface area (Å²) in [5.41, 5.74) is 0.00421. The Balaban J connectivity index is 2.22. The fourth-order valence-electron chi connectivity index (χ4n) is 1.11. The van der Waals surface area contributed by atoms with E-state index < -0.39 is 0 Å². The van der Waals surface area contributed by atoms with Crippen molar-refractivity contribution < 1.29 is 9.90 Å². The number of nitrogens with zero attached hydrogens (tertiary/aromatic N) is 1. The number of rotatable bonds is 4. The molecule has 0 aromatic carbocycles. The average molecular weight is 186 g/mol. The Morgan fingerprint density at radius 1 is 1.62 bits per heavy atom. The van der Waals surface area contributed by atoms with E-state index >= 15 is 0 Å². The first-order valence-corrected chi connectivity index (χ1v) is 4.73. The molecule has 0 aromatic heterocycles. The summed E-state index contributed by atoms with van der Waals surface area (Å²) in [5.74, 6) is 0. The fourth-order valence-corrected chi connectivity index (χ4v) is 1.11. The molecule has 1 aliphatic carbocycles. The van der Waals surface area contributed by atoms with Gasteiger partial charge in [0.15, 0.2) is 0 Å². The largest absolute Gasteiger partial charge is 0.396 e. The normalized spacial score (nSPS) is 18.1. The van der Waals surface area contributed by atoms with Gasteiger partial charge in [-0.25, -0.2) is 4.79 Å². The van der Waals surface area contributed by atoms with Gasteiger partial charge in [0.25, 0.3) is 0 Å². The highest BCUT2D eigenvalue weighted by Gasteiger charge is 2.42. The minimum absolute atomic E-state index is 0.00421. The molecular weight excluding hydrogens is 168 g/mol. The highest BCUT2D eigenvalue weighted by molar-refractivity contribution is 5.73. The van der Waals surface area contributed by atoms with Crippen molar-refractivity contribution in [2.24, 2.45) is 5.41 Å². The number of carbonyl (C=O) groups excluding carboxylic acids is 1. The number of aliphatic hydroxyl groups is 1. The zero-order valence-electron chi connectivity index (χ0n) is 8.34. The molecule has 76 valence electrons. The number of nitrogens with one attached hydrogen (secondary N) is 1. The lowest BCUT2D eigenvalue weighted by Gasteiger charge is -2.18. The van der Waals surface area contributed by atoms with Gasteiger partial charge in [-0.3, -0.25) is 0 Å². The minimum atomic E-state index is -0.0535. The second-order valence-corrected chi connectivity index (χ2v) is 3.83. The van der Waals surface area contributed by atoms with Crippen LogP contribution in [0.25, 0.3) is 0 Å². The van der Waals surface area contributed by atoms with Crippen LogP contribution in [0.4, 0.5) is 4.79 Å². The molecule has 1 rings (SSSR count). The molecule has 0 bridgehead atoms. The van der Waals surface area contributed by atoms with E-state index in [0.717, 1.165) is 12.8 Å². The molecular formula is C9H18N2O2. The topological polar surface area (TPSA) is 52.6 Å². The van der Waals surface area contributed by atoms with E-state index in [2.05, 4.69) is 5.32 Å². The van der Waals surface area contributed by atoms with Gasteiger partial charge in [0, 0.05) is 25.6 Å². The maximum atomic E-state index is 11.3. The van der Waals surface area contributed by atoms with Gasteiger partial charge in [-0.1, -0.05) is 0 Å². The number of carbonyl (C=O) groups is 1. The summed E-state index contributed by atoms with van der Waals surface area (Å²) in [6, 6.07) is -0.0535. The van der Waals surface area contributed by atoms with Crippen LogP contribution in [-0.4, -0.2) is 42.8 Å². The van der Waals surface area contributed by atoms with Crippen molar-refractivity contribution in [2.75, 3.05) is 26.7 Å². The van der Waals surface area contributed by atoms with Crippen LogP contribution in [0, 0.1) is 5.41 Å². The van der Waals surface area contributed by atoms with Gasteiger partial charge in [0.1, 0.15) is 0 Å². The van der Waals surface area contributed by atoms with Crippen LogP contribution < -0.4 is 5.32 Å². The van der Waals surface area contributed by atoms with E-state index in [1.807, 2.05) is 6.92 Å². The van der Waals surface area contributed by atoms with Crippen LogP contribution in [-0.2, 0) is 0 Å². The first-order valence-electron chi connectivity index (χ1n) is 4.73. The molecule has 4 heteroatoms. The highest BCUT2D eigenvalue weighted by atomic mass is 16.3. The summed E-state index contributed by atoms with van der Waals surface area (Å²) in [6.07, 6.45) is 2.05. The molecule has 2 amide bonds. The summed E-state index contributed by atoms with van der Waals surface area (Å²) in [4.78, 5) is 12.9. The zero-order chi connectivity index (χ0) is 9.90. The van der Waals surface area contributed by atoms with Crippen LogP contribution in [0.3, 0.4) is 0 Å². The van der Waals surface area contributed by atoms with E-state index in [0.29, 0.717) is 13.1 Å². The van der Waals surface area contributed by atoms with Gasteiger partial charge in [-0.15, -0.1) is 0 Å². The summed E-state index contributed by atoms with van der Waals surface area (Å²) in [6.45, 7) is 3.42. The Kier molecular flexibility index (Phi) is 3.14. The van der Waals surface area contributed by atoms with E-state index in [9.17, 15) is 4.79 Å². The quantitative estimate of drug-likeness (QED) is 0.668. The number of hydrogen-bond acceptors (Lipinski definition) is 2. The second-order valence-electron chi connectivity index (χ2n) is 3.83. The molecule has 0 unspecified atom stereocenters. The second kappa shape index (κ2) is 3.96. The summed E-state index contributed by atoms with van der Waals surface area (Å²) < 4.78 is 0. The van der Waals surface area contributed by atoms with Crippen LogP contribution >= 0.6 is 0 Å². The lowest BCUT2D eigenvalue weighted by atomic mass is 10.1. The molecule has 13 heavy (non-hydrogen) atoms. The summed E-state index contributed by atoms with van der Waals surface area (Å²) >= 11 is 0. The Labute approximate surface area is 78.9 Å². The van der Waals surface area contributed by atoms with Crippen molar-refractivity contribution in [1.82, 2.24) is 10.2 Å². The van der Waals surface area contributed by atoms with Crippen molar-refractivity contribution in [3.8, 4) is 0 Å². The predicted octanol–water partition coefficient (Wildman–Crippen LogP) is 0.420. The number of urea groups is 1. The average Bonchev–Trinajstić information content (AvgIpc) is 2.93. The first-order chi connectivity index (χ1) is 6.13. The lowest BCUT2D eigenvalue weighted by molar-refractivity contribution is 0.190. The molecule has 0 aliphatic heterocycles. The molecule has 0 heterocycles. The van der Waals surface area contributed by atoms with Crippen molar-refractivity contribution in [3.63, 3.8) is 0 Å². The predicted molar refractivity (Wildman–Crippen MR) is 50.5 cm³/mol. The third-order valence-electron chi connectivity index (χ3n) is 2.73. The molecule has 0 aromatic rings. The van der Waals surface area contributed by atoms with Gasteiger partial charge < -0.3 is 15.3 Å².